The van der Waals surface area contributed by atoms with Crippen molar-refractivity contribution in [2.45, 2.75) is 18.5 Å². The van der Waals surface area contributed by atoms with Gasteiger partial charge in [-0.1, -0.05) is 24.3 Å². The molecular weight excluding hydrogens is 324 g/mol. The number of pyridine rings is 1. The second-order valence-corrected chi connectivity index (χ2v) is 6.48. The molecule has 2 atom stereocenters. The maximum atomic E-state index is 5.44. The molecule has 0 aliphatic carbocycles. The second kappa shape index (κ2) is 7.18. The van der Waals surface area contributed by atoms with Crippen LogP contribution in [0.25, 0.3) is 0 Å². The number of aromatic nitrogens is 1. The van der Waals surface area contributed by atoms with Gasteiger partial charge in [0.15, 0.2) is 0 Å². The minimum atomic E-state index is 0.112. The Morgan fingerprint density at radius 3 is 2.38 bits per heavy atom. The Bertz CT molecular complexity index is 878. The van der Waals surface area contributed by atoms with E-state index in [-0.39, 0.29) is 12.1 Å². The Hall–Kier alpha value is -2.85. The molecule has 0 saturated heterocycles. The molecule has 0 radical (unpaired) electrons. The van der Waals surface area contributed by atoms with E-state index in [0.717, 1.165) is 17.9 Å². The molecule has 3 aromatic rings. The van der Waals surface area contributed by atoms with Crippen molar-refractivity contribution in [2.24, 2.45) is 0 Å². The molecule has 4 nitrogen and oxygen atoms in total. The first-order chi connectivity index (χ1) is 12.8. The van der Waals surface area contributed by atoms with Crippen molar-refractivity contribution in [1.29, 1.82) is 0 Å². The summed E-state index contributed by atoms with van der Waals surface area (Å²) in [5.74, 6) is 1.76. The normalized spacial score (nSPS) is 18.8. The lowest BCUT2D eigenvalue weighted by Gasteiger charge is -2.34. The van der Waals surface area contributed by atoms with E-state index >= 15 is 0 Å². The summed E-state index contributed by atoms with van der Waals surface area (Å²) >= 11 is 0. The molecule has 1 aliphatic heterocycles. The Kier molecular flexibility index (Phi) is 4.59. The van der Waals surface area contributed by atoms with Crippen LogP contribution >= 0.6 is 0 Å². The van der Waals surface area contributed by atoms with Gasteiger partial charge >= 0.3 is 0 Å². The minimum absolute atomic E-state index is 0.112. The second-order valence-electron chi connectivity index (χ2n) is 6.48. The van der Waals surface area contributed by atoms with Crippen LogP contribution < -0.4 is 14.8 Å². The molecule has 0 spiro atoms. The fraction of sp³-hybridized carbons (Fsp3) is 0.227. The van der Waals surface area contributed by atoms with Gasteiger partial charge in [0.25, 0.3) is 0 Å². The van der Waals surface area contributed by atoms with Gasteiger partial charge in [-0.15, -0.1) is 0 Å². The molecular formula is C22H22N2O2. The van der Waals surface area contributed by atoms with Gasteiger partial charge in [0.2, 0.25) is 0 Å². The van der Waals surface area contributed by atoms with E-state index < -0.39 is 0 Å². The number of ether oxygens (including phenoxy) is 2. The lowest BCUT2D eigenvalue weighted by Crippen LogP contribution is -2.34. The molecule has 0 bridgehead atoms. The van der Waals surface area contributed by atoms with Gasteiger partial charge in [0.05, 0.1) is 20.3 Å². The summed E-state index contributed by atoms with van der Waals surface area (Å²) in [6.07, 6.45) is 4.66. The van der Waals surface area contributed by atoms with Gasteiger partial charge in [-0.25, -0.2) is 0 Å². The largest absolute Gasteiger partial charge is 0.497 e. The summed E-state index contributed by atoms with van der Waals surface area (Å²) in [6, 6.07) is 19.0. The third-order valence-corrected chi connectivity index (χ3v) is 4.99. The highest BCUT2D eigenvalue weighted by atomic mass is 16.5. The lowest BCUT2D eigenvalue weighted by molar-refractivity contribution is 0.408. The van der Waals surface area contributed by atoms with E-state index in [0.29, 0.717) is 0 Å². The molecule has 1 aliphatic rings. The minimum Gasteiger partial charge on any atom is -0.497 e. The van der Waals surface area contributed by atoms with Crippen LogP contribution in [0.1, 0.15) is 34.3 Å². The number of fused-ring (bicyclic) bond motifs is 1. The maximum Gasteiger partial charge on any atom is 0.119 e. The van der Waals surface area contributed by atoms with Crippen LogP contribution in [-0.4, -0.2) is 19.2 Å². The highest BCUT2D eigenvalue weighted by molar-refractivity contribution is 5.46. The van der Waals surface area contributed by atoms with Gasteiger partial charge in [-0.3, -0.25) is 10.3 Å². The molecule has 1 aromatic heterocycles. The highest BCUT2D eigenvalue weighted by Crippen LogP contribution is 2.37. The van der Waals surface area contributed by atoms with Crippen LogP contribution in [0, 0.1) is 0 Å². The summed E-state index contributed by atoms with van der Waals surface area (Å²) in [4.78, 5) is 4.29. The van der Waals surface area contributed by atoms with Crippen LogP contribution in [0.3, 0.4) is 0 Å². The SMILES string of the molecule is COc1ccc([C@@H]2N[C@H](c3cccnc3)Cc3cc(OC)ccc32)cc1. The smallest absolute Gasteiger partial charge is 0.119 e. The van der Waals surface area contributed by atoms with Gasteiger partial charge in [0, 0.05) is 18.4 Å². The van der Waals surface area contributed by atoms with Gasteiger partial charge in [-0.05, 0) is 59.0 Å². The quantitative estimate of drug-likeness (QED) is 0.773. The standard InChI is InChI=1S/C22H22N2O2/c1-25-18-7-5-15(6-8-18)22-20-10-9-19(26-2)12-17(20)13-21(24-22)16-4-3-11-23-14-16/h3-12,14,21-22,24H,13H2,1-2H3/t21-,22-/m0/s1. The zero-order valence-electron chi connectivity index (χ0n) is 15.0. The van der Waals surface area contributed by atoms with Crippen LogP contribution in [0.2, 0.25) is 0 Å². The molecule has 4 rings (SSSR count). The van der Waals surface area contributed by atoms with Crippen molar-refractivity contribution in [3.05, 3.63) is 89.2 Å². The number of nitrogens with one attached hydrogen (secondary N) is 1. The van der Waals surface area contributed by atoms with Crippen LogP contribution in [0.5, 0.6) is 11.5 Å². The van der Waals surface area contributed by atoms with Crippen LogP contribution in [0.15, 0.2) is 67.0 Å². The summed E-state index contributed by atoms with van der Waals surface area (Å²) < 4.78 is 10.7. The lowest BCUT2D eigenvalue weighted by atomic mass is 9.84. The Balaban J connectivity index is 1.76. The Labute approximate surface area is 153 Å². The summed E-state index contributed by atoms with van der Waals surface area (Å²) in [5, 5.41) is 3.80. The highest BCUT2D eigenvalue weighted by Gasteiger charge is 2.28. The van der Waals surface area contributed by atoms with E-state index in [1.807, 2.05) is 36.7 Å². The first-order valence-corrected chi connectivity index (χ1v) is 8.75. The third kappa shape index (κ3) is 3.16. The number of nitrogens with zero attached hydrogens (tertiary/aromatic N) is 1. The number of hydrogen-bond donors (Lipinski definition) is 1. The average molecular weight is 346 g/mol. The number of benzene rings is 2. The monoisotopic (exact) mass is 346 g/mol. The Morgan fingerprint density at radius 1 is 0.923 bits per heavy atom. The zero-order chi connectivity index (χ0) is 17.9. The zero-order valence-corrected chi connectivity index (χ0v) is 15.0. The molecule has 132 valence electrons. The van der Waals surface area contributed by atoms with Crippen LogP contribution in [-0.2, 0) is 6.42 Å². The molecule has 4 heteroatoms. The molecule has 2 aromatic carbocycles. The molecule has 0 unspecified atom stereocenters. The van der Waals surface area contributed by atoms with Gasteiger partial charge in [0.1, 0.15) is 11.5 Å². The predicted octanol–water partition coefficient (Wildman–Crippen LogP) is 4.08. The van der Waals surface area contributed by atoms with Gasteiger partial charge in [-0.2, -0.15) is 0 Å². The summed E-state index contributed by atoms with van der Waals surface area (Å²) in [7, 11) is 3.40. The number of hydrogen-bond acceptors (Lipinski definition) is 4. The van der Waals surface area contributed by atoms with Crippen molar-refractivity contribution in [3.63, 3.8) is 0 Å². The summed E-state index contributed by atoms with van der Waals surface area (Å²) in [5.41, 5.74) is 5.00. The molecule has 2 heterocycles. The van der Waals surface area contributed by atoms with E-state index in [1.54, 1.807) is 14.2 Å². The number of methoxy groups -OCH3 is 2. The third-order valence-electron chi connectivity index (χ3n) is 4.99. The summed E-state index contributed by atoms with van der Waals surface area (Å²) in [6.45, 7) is 0. The van der Waals surface area contributed by atoms with E-state index in [9.17, 15) is 0 Å². The molecule has 0 amide bonds. The fourth-order valence-corrected chi connectivity index (χ4v) is 3.61. The maximum absolute atomic E-state index is 5.44. The Morgan fingerprint density at radius 2 is 1.69 bits per heavy atom. The first kappa shape index (κ1) is 16.6. The van der Waals surface area contributed by atoms with Crippen molar-refractivity contribution in [3.8, 4) is 11.5 Å². The average Bonchev–Trinajstić information content (AvgIpc) is 2.73. The molecule has 0 saturated carbocycles. The van der Waals surface area contributed by atoms with Crippen molar-refractivity contribution in [1.82, 2.24) is 10.3 Å². The van der Waals surface area contributed by atoms with Crippen molar-refractivity contribution in [2.75, 3.05) is 14.2 Å². The topological polar surface area (TPSA) is 43.4 Å². The fourth-order valence-electron chi connectivity index (χ4n) is 3.61. The molecule has 0 fully saturated rings. The first-order valence-electron chi connectivity index (χ1n) is 8.75. The predicted molar refractivity (Wildman–Crippen MR) is 102 cm³/mol. The van der Waals surface area contributed by atoms with E-state index in [2.05, 4.69) is 40.6 Å². The van der Waals surface area contributed by atoms with E-state index in [4.69, 9.17) is 9.47 Å². The molecule has 26 heavy (non-hydrogen) atoms. The number of rotatable bonds is 4. The van der Waals surface area contributed by atoms with Crippen molar-refractivity contribution >= 4 is 0 Å². The van der Waals surface area contributed by atoms with Crippen molar-refractivity contribution < 1.29 is 9.47 Å². The van der Waals surface area contributed by atoms with Gasteiger partial charge < -0.3 is 9.47 Å². The van der Waals surface area contributed by atoms with E-state index in [1.165, 1.54) is 22.3 Å². The molecule has 1 N–H and O–H groups in total. The van der Waals surface area contributed by atoms with Crippen LogP contribution in [0.4, 0.5) is 0 Å².